The lowest BCUT2D eigenvalue weighted by Gasteiger charge is -2.47. The minimum absolute atomic E-state index is 0.0285. The Hall–Kier alpha value is -0.320. The van der Waals surface area contributed by atoms with Gasteiger partial charge in [-0.3, -0.25) is 0 Å². The van der Waals surface area contributed by atoms with E-state index in [1.165, 1.54) is 0 Å². The van der Waals surface area contributed by atoms with Gasteiger partial charge >= 0.3 is 0 Å². The molecule has 9 atom stereocenters. The lowest BCUT2D eigenvalue weighted by molar-refractivity contribution is -0.291. The summed E-state index contributed by atoms with van der Waals surface area (Å²) in [5.41, 5.74) is -0.0908. The van der Waals surface area contributed by atoms with Crippen LogP contribution in [0.1, 0.15) is 46.5 Å². The maximum Gasteiger partial charge on any atom is 0.184 e. The van der Waals surface area contributed by atoms with Gasteiger partial charge in [0.2, 0.25) is 0 Å². The fraction of sp³-hybridized carbons (Fsp3) is 1.00. The molecule has 0 bridgehead atoms. The first kappa shape index (κ1) is 23.0. The summed E-state index contributed by atoms with van der Waals surface area (Å²) in [5.74, 6) is 0.319. The Morgan fingerprint density at radius 2 is 1.78 bits per heavy atom. The molecule has 8 heteroatoms. The molecule has 8 nitrogen and oxygen atoms in total. The average molecular weight is 392 g/mol. The summed E-state index contributed by atoms with van der Waals surface area (Å²) in [6.07, 6.45) is -4.52. The van der Waals surface area contributed by atoms with Crippen molar-refractivity contribution in [1.29, 1.82) is 0 Å². The predicted octanol–water partition coefficient (Wildman–Crippen LogP) is -0.623. The van der Waals surface area contributed by atoms with Crippen molar-refractivity contribution in [3.05, 3.63) is 0 Å². The van der Waals surface area contributed by atoms with Gasteiger partial charge in [0.1, 0.15) is 24.4 Å². The van der Waals surface area contributed by atoms with Crippen molar-refractivity contribution in [2.45, 2.75) is 89.4 Å². The largest absolute Gasteiger partial charge is 0.396 e. The van der Waals surface area contributed by atoms with Crippen molar-refractivity contribution < 1.29 is 40.1 Å². The molecule has 0 aromatic rings. The number of rotatable bonds is 7. The van der Waals surface area contributed by atoms with Crippen molar-refractivity contribution in [1.82, 2.24) is 0 Å². The fourth-order valence-electron chi connectivity index (χ4n) is 4.64. The molecule has 2 rings (SSSR count). The minimum atomic E-state index is -1.57. The van der Waals surface area contributed by atoms with Crippen LogP contribution < -0.4 is 0 Å². The second kappa shape index (κ2) is 9.45. The van der Waals surface area contributed by atoms with E-state index in [1.54, 1.807) is 6.92 Å². The van der Waals surface area contributed by atoms with Crippen LogP contribution in [0.5, 0.6) is 0 Å². The number of aliphatic hydroxyl groups is 6. The summed E-state index contributed by atoms with van der Waals surface area (Å²) in [7, 11) is 0. The van der Waals surface area contributed by atoms with Crippen LogP contribution >= 0.6 is 0 Å². The van der Waals surface area contributed by atoms with E-state index in [9.17, 15) is 30.6 Å². The first-order valence-electron chi connectivity index (χ1n) is 9.85. The molecule has 0 spiro atoms. The SMILES string of the molecule is C[C@@H](O)CC[C@@H]1[C@@H](CO)C[C@H](OC[C@H]2O[C@@H](O)[C@H](O)[C@@H](O)[C@@H]2O)CC1(C)C. The number of hydrogen-bond acceptors (Lipinski definition) is 8. The summed E-state index contributed by atoms with van der Waals surface area (Å²) in [5, 5.41) is 58.4. The summed E-state index contributed by atoms with van der Waals surface area (Å²) in [4.78, 5) is 0. The van der Waals surface area contributed by atoms with E-state index in [4.69, 9.17) is 9.47 Å². The summed E-state index contributed by atoms with van der Waals surface area (Å²) < 4.78 is 11.1. The van der Waals surface area contributed by atoms with Gasteiger partial charge in [0.15, 0.2) is 6.29 Å². The average Bonchev–Trinajstić information content (AvgIpc) is 2.59. The van der Waals surface area contributed by atoms with Crippen LogP contribution in [-0.4, -0.2) is 86.8 Å². The molecule has 27 heavy (non-hydrogen) atoms. The highest BCUT2D eigenvalue weighted by Gasteiger charge is 2.45. The molecule has 1 aliphatic carbocycles. The second-order valence-corrected chi connectivity index (χ2v) is 8.90. The summed E-state index contributed by atoms with van der Waals surface area (Å²) >= 11 is 0. The number of hydrogen-bond donors (Lipinski definition) is 6. The number of aliphatic hydroxyl groups excluding tert-OH is 6. The first-order valence-corrected chi connectivity index (χ1v) is 9.85. The molecule has 6 N–H and O–H groups in total. The molecule has 160 valence electrons. The smallest absolute Gasteiger partial charge is 0.184 e. The van der Waals surface area contributed by atoms with Gasteiger partial charge in [-0.1, -0.05) is 13.8 Å². The van der Waals surface area contributed by atoms with Gasteiger partial charge in [-0.05, 0) is 49.9 Å². The van der Waals surface area contributed by atoms with Gasteiger partial charge in [0, 0.05) is 6.61 Å². The molecule has 1 aliphatic heterocycles. The molecular weight excluding hydrogens is 356 g/mol. The Morgan fingerprint density at radius 1 is 1.11 bits per heavy atom. The molecule has 0 unspecified atom stereocenters. The van der Waals surface area contributed by atoms with Gasteiger partial charge in [0.05, 0.1) is 18.8 Å². The zero-order chi connectivity index (χ0) is 20.4. The van der Waals surface area contributed by atoms with Crippen LogP contribution in [0.25, 0.3) is 0 Å². The third-order valence-electron chi connectivity index (χ3n) is 6.21. The van der Waals surface area contributed by atoms with E-state index < -0.39 is 30.7 Å². The number of ether oxygens (including phenoxy) is 2. The first-order chi connectivity index (χ1) is 12.6. The zero-order valence-electron chi connectivity index (χ0n) is 16.4. The van der Waals surface area contributed by atoms with Crippen molar-refractivity contribution >= 4 is 0 Å². The molecule has 0 amide bonds. The molecule has 1 heterocycles. The zero-order valence-corrected chi connectivity index (χ0v) is 16.4. The van der Waals surface area contributed by atoms with Crippen molar-refractivity contribution in [3.8, 4) is 0 Å². The molecule has 0 radical (unpaired) electrons. The van der Waals surface area contributed by atoms with Gasteiger partial charge < -0.3 is 40.1 Å². The highest BCUT2D eigenvalue weighted by atomic mass is 16.6. The monoisotopic (exact) mass is 392 g/mol. The second-order valence-electron chi connectivity index (χ2n) is 8.90. The third-order valence-corrected chi connectivity index (χ3v) is 6.21. The molecule has 1 saturated carbocycles. The van der Waals surface area contributed by atoms with Gasteiger partial charge in [0.25, 0.3) is 0 Å². The third kappa shape index (κ3) is 5.61. The van der Waals surface area contributed by atoms with Gasteiger partial charge in [-0.2, -0.15) is 0 Å². The van der Waals surface area contributed by atoms with Crippen molar-refractivity contribution in [3.63, 3.8) is 0 Å². The summed E-state index contributed by atoms with van der Waals surface area (Å²) in [6, 6.07) is 0. The normalized spacial score (nSPS) is 43.4. The van der Waals surface area contributed by atoms with E-state index in [2.05, 4.69) is 13.8 Å². The Bertz CT molecular complexity index is 457. The van der Waals surface area contributed by atoms with Crippen LogP contribution in [0.2, 0.25) is 0 Å². The van der Waals surface area contributed by atoms with Crippen LogP contribution in [0.15, 0.2) is 0 Å². The standard InChI is InChI=1S/C19H36O8/c1-10(21)4-5-13-11(8-20)6-12(7-19(13,2)3)26-9-14-15(22)16(23)17(24)18(25)27-14/h10-18,20-25H,4-9H2,1-3H3/t10-,11-,12+,13-,14-,15-,16+,17-,18-/m1/s1. The van der Waals surface area contributed by atoms with Crippen LogP contribution in [0.4, 0.5) is 0 Å². The molecule has 0 aromatic carbocycles. The maximum absolute atomic E-state index is 10.0. The lowest BCUT2D eigenvalue weighted by atomic mass is 9.61. The Morgan fingerprint density at radius 3 is 2.37 bits per heavy atom. The van der Waals surface area contributed by atoms with E-state index in [0.29, 0.717) is 12.8 Å². The Kier molecular flexibility index (Phi) is 8.04. The molecular formula is C19H36O8. The van der Waals surface area contributed by atoms with Crippen LogP contribution in [0, 0.1) is 17.3 Å². The van der Waals surface area contributed by atoms with E-state index >= 15 is 0 Å². The van der Waals surface area contributed by atoms with Crippen LogP contribution in [-0.2, 0) is 9.47 Å². The lowest BCUT2D eigenvalue weighted by Crippen LogP contribution is -2.59. The van der Waals surface area contributed by atoms with E-state index in [-0.39, 0.29) is 42.7 Å². The van der Waals surface area contributed by atoms with E-state index in [0.717, 1.165) is 12.8 Å². The highest BCUT2D eigenvalue weighted by Crippen LogP contribution is 2.47. The molecule has 0 aromatic heterocycles. The minimum Gasteiger partial charge on any atom is -0.396 e. The summed E-state index contributed by atoms with van der Waals surface area (Å²) in [6.45, 7) is 6.05. The highest BCUT2D eigenvalue weighted by molar-refractivity contribution is 4.93. The maximum atomic E-state index is 10.0. The molecule has 2 aliphatic rings. The predicted molar refractivity (Wildman–Crippen MR) is 96.6 cm³/mol. The Labute approximate surface area is 160 Å². The van der Waals surface area contributed by atoms with Gasteiger partial charge in [-0.25, -0.2) is 0 Å². The Balaban J connectivity index is 1.94. The molecule has 2 fully saturated rings. The van der Waals surface area contributed by atoms with Crippen molar-refractivity contribution in [2.24, 2.45) is 17.3 Å². The van der Waals surface area contributed by atoms with Gasteiger partial charge in [-0.15, -0.1) is 0 Å². The van der Waals surface area contributed by atoms with Crippen molar-refractivity contribution in [2.75, 3.05) is 13.2 Å². The molecule has 1 saturated heterocycles. The fourth-order valence-corrected chi connectivity index (χ4v) is 4.64. The topological polar surface area (TPSA) is 140 Å². The van der Waals surface area contributed by atoms with Crippen LogP contribution in [0.3, 0.4) is 0 Å². The quantitative estimate of drug-likeness (QED) is 0.337. The van der Waals surface area contributed by atoms with E-state index in [1.807, 2.05) is 0 Å².